The molecule has 0 radical (unpaired) electrons. The SMILES string of the molecule is Cc1ccc(-c2csc(NC(=O)c3ccc(N4C(=O)CCC4=O)cc3)n2)o1. The molecule has 0 aliphatic carbocycles. The first-order chi connectivity index (χ1) is 13.0. The number of rotatable bonds is 4. The van der Waals surface area contributed by atoms with Crippen LogP contribution in [0.15, 0.2) is 46.2 Å². The summed E-state index contributed by atoms with van der Waals surface area (Å²) in [6, 6.07) is 10.0. The molecule has 27 heavy (non-hydrogen) atoms. The summed E-state index contributed by atoms with van der Waals surface area (Å²) in [5, 5.41) is 5.00. The Morgan fingerprint density at radius 1 is 1.11 bits per heavy atom. The minimum atomic E-state index is -0.322. The summed E-state index contributed by atoms with van der Waals surface area (Å²) >= 11 is 1.30. The molecular formula is C19H15N3O4S. The van der Waals surface area contributed by atoms with Gasteiger partial charge >= 0.3 is 0 Å². The normalized spacial score (nSPS) is 14.0. The third-order valence-corrected chi connectivity index (χ3v) is 4.91. The highest BCUT2D eigenvalue weighted by Crippen LogP contribution is 2.27. The van der Waals surface area contributed by atoms with Gasteiger partial charge in [0.25, 0.3) is 5.91 Å². The van der Waals surface area contributed by atoms with E-state index in [1.807, 2.05) is 24.4 Å². The van der Waals surface area contributed by atoms with Crippen LogP contribution in [0.1, 0.15) is 29.0 Å². The molecule has 4 rings (SSSR count). The van der Waals surface area contributed by atoms with Crippen LogP contribution in [0.4, 0.5) is 10.8 Å². The smallest absolute Gasteiger partial charge is 0.257 e. The Bertz CT molecular complexity index is 1020. The van der Waals surface area contributed by atoms with E-state index in [0.29, 0.717) is 27.8 Å². The summed E-state index contributed by atoms with van der Waals surface area (Å²) < 4.78 is 5.52. The number of imide groups is 1. The first-order valence-corrected chi connectivity index (χ1v) is 9.19. The van der Waals surface area contributed by atoms with Crippen LogP contribution in [0.2, 0.25) is 0 Å². The molecule has 1 aliphatic rings. The molecule has 2 aromatic heterocycles. The van der Waals surface area contributed by atoms with Gasteiger partial charge in [-0.05, 0) is 43.3 Å². The number of hydrogen-bond acceptors (Lipinski definition) is 6. The summed E-state index contributed by atoms with van der Waals surface area (Å²) in [4.78, 5) is 41.5. The number of nitrogens with zero attached hydrogens (tertiary/aromatic N) is 2. The number of nitrogens with one attached hydrogen (secondary N) is 1. The summed E-state index contributed by atoms with van der Waals surface area (Å²) in [5.41, 5.74) is 1.54. The van der Waals surface area contributed by atoms with Crippen LogP contribution < -0.4 is 10.2 Å². The van der Waals surface area contributed by atoms with Gasteiger partial charge in [0, 0.05) is 23.8 Å². The Morgan fingerprint density at radius 2 is 1.81 bits per heavy atom. The van der Waals surface area contributed by atoms with Crippen molar-refractivity contribution in [2.75, 3.05) is 10.2 Å². The lowest BCUT2D eigenvalue weighted by molar-refractivity contribution is -0.121. The van der Waals surface area contributed by atoms with Gasteiger partial charge in [-0.15, -0.1) is 11.3 Å². The maximum atomic E-state index is 12.4. The molecule has 1 saturated heterocycles. The summed E-state index contributed by atoms with van der Waals surface area (Å²) in [6.07, 6.45) is 0.450. The Balaban J connectivity index is 1.46. The minimum Gasteiger partial charge on any atom is -0.460 e. The molecule has 1 aromatic carbocycles. The van der Waals surface area contributed by atoms with Gasteiger partial charge in [0.1, 0.15) is 11.5 Å². The van der Waals surface area contributed by atoms with E-state index in [1.54, 1.807) is 24.3 Å². The molecule has 0 bridgehead atoms. The van der Waals surface area contributed by atoms with Crippen LogP contribution in [0.5, 0.6) is 0 Å². The lowest BCUT2D eigenvalue weighted by Crippen LogP contribution is -2.28. The fourth-order valence-electron chi connectivity index (χ4n) is 2.81. The molecule has 1 aliphatic heterocycles. The average Bonchev–Trinajstić information content (AvgIpc) is 3.36. The van der Waals surface area contributed by atoms with Gasteiger partial charge in [-0.1, -0.05) is 0 Å². The quantitative estimate of drug-likeness (QED) is 0.697. The van der Waals surface area contributed by atoms with E-state index in [0.717, 1.165) is 10.7 Å². The monoisotopic (exact) mass is 381 g/mol. The molecule has 3 heterocycles. The van der Waals surface area contributed by atoms with Gasteiger partial charge in [-0.3, -0.25) is 24.6 Å². The second-order valence-electron chi connectivity index (χ2n) is 6.07. The molecule has 0 unspecified atom stereocenters. The number of carbonyl (C=O) groups excluding carboxylic acids is 3. The predicted molar refractivity (Wildman–Crippen MR) is 101 cm³/mol. The van der Waals surface area contributed by atoms with Crippen molar-refractivity contribution >= 4 is 39.9 Å². The molecule has 3 amide bonds. The third kappa shape index (κ3) is 3.39. The highest BCUT2D eigenvalue weighted by molar-refractivity contribution is 7.14. The number of carbonyl (C=O) groups is 3. The summed E-state index contributed by atoms with van der Waals surface area (Å²) in [5.74, 6) is 0.672. The Morgan fingerprint density at radius 3 is 2.44 bits per heavy atom. The number of thiazole rings is 1. The topological polar surface area (TPSA) is 92.5 Å². The van der Waals surface area contributed by atoms with E-state index in [-0.39, 0.29) is 30.6 Å². The van der Waals surface area contributed by atoms with Crippen LogP contribution >= 0.6 is 11.3 Å². The van der Waals surface area contributed by atoms with E-state index in [9.17, 15) is 14.4 Å². The molecule has 0 spiro atoms. The second kappa shape index (κ2) is 6.81. The molecule has 0 atom stereocenters. The van der Waals surface area contributed by atoms with Crippen molar-refractivity contribution < 1.29 is 18.8 Å². The molecule has 0 saturated carbocycles. The molecule has 3 aromatic rings. The van der Waals surface area contributed by atoms with Crippen molar-refractivity contribution in [2.45, 2.75) is 19.8 Å². The maximum absolute atomic E-state index is 12.4. The molecule has 1 fully saturated rings. The van der Waals surface area contributed by atoms with Gasteiger partial charge in [-0.2, -0.15) is 0 Å². The Hall–Kier alpha value is -3.26. The van der Waals surface area contributed by atoms with E-state index in [1.165, 1.54) is 11.3 Å². The largest absolute Gasteiger partial charge is 0.460 e. The zero-order chi connectivity index (χ0) is 19.0. The van der Waals surface area contributed by atoms with E-state index in [4.69, 9.17) is 4.42 Å². The number of aromatic nitrogens is 1. The predicted octanol–water partition coefficient (Wildman–Crippen LogP) is 3.62. The van der Waals surface area contributed by atoms with E-state index in [2.05, 4.69) is 10.3 Å². The first-order valence-electron chi connectivity index (χ1n) is 8.31. The van der Waals surface area contributed by atoms with Crippen LogP contribution in [0.3, 0.4) is 0 Å². The minimum absolute atomic E-state index is 0.222. The number of anilines is 2. The highest BCUT2D eigenvalue weighted by Gasteiger charge is 2.30. The summed E-state index contributed by atoms with van der Waals surface area (Å²) in [7, 11) is 0. The number of furan rings is 1. The second-order valence-corrected chi connectivity index (χ2v) is 6.93. The van der Waals surface area contributed by atoms with Gasteiger partial charge < -0.3 is 4.42 Å². The Kier molecular flexibility index (Phi) is 4.33. The van der Waals surface area contributed by atoms with Crippen molar-refractivity contribution in [3.05, 3.63) is 53.1 Å². The fraction of sp³-hybridized carbons (Fsp3) is 0.158. The first kappa shape index (κ1) is 17.2. The third-order valence-electron chi connectivity index (χ3n) is 4.16. The fourth-order valence-corrected chi connectivity index (χ4v) is 3.51. The van der Waals surface area contributed by atoms with E-state index < -0.39 is 0 Å². The van der Waals surface area contributed by atoms with Crippen LogP contribution in [0, 0.1) is 6.92 Å². The lowest BCUT2D eigenvalue weighted by atomic mass is 10.2. The van der Waals surface area contributed by atoms with Gasteiger partial charge in [0.15, 0.2) is 10.9 Å². The molecule has 8 heteroatoms. The zero-order valence-corrected chi connectivity index (χ0v) is 15.2. The highest BCUT2D eigenvalue weighted by atomic mass is 32.1. The molecule has 7 nitrogen and oxygen atoms in total. The molecular weight excluding hydrogens is 366 g/mol. The standard InChI is InChI=1S/C19H15N3O4S/c1-11-2-7-15(26-11)14-10-27-19(20-14)21-18(25)12-3-5-13(6-4-12)22-16(23)8-9-17(22)24/h2-7,10H,8-9H2,1H3,(H,20,21,25). The van der Waals surface area contributed by atoms with Crippen molar-refractivity contribution in [3.8, 4) is 11.5 Å². The summed E-state index contributed by atoms with van der Waals surface area (Å²) in [6.45, 7) is 1.85. The Labute approximate surface area is 158 Å². The van der Waals surface area contributed by atoms with Crippen LogP contribution in [-0.2, 0) is 9.59 Å². The molecule has 1 N–H and O–H groups in total. The van der Waals surface area contributed by atoms with Crippen LogP contribution in [0.25, 0.3) is 11.5 Å². The number of aryl methyl sites for hydroxylation is 1. The maximum Gasteiger partial charge on any atom is 0.257 e. The van der Waals surface area contributed by atoms with Gasteiger partial charge in [-0.25, -0.2) is 4.98 Å². The van der Waals surface area contributed by atoms with Crippen LogP contribution in [-0.4, -0.2) is 22.7 Å². The van der Waals surface area contributed by atoms with Crippen molar-refractivity contribution in [1.82, 2.24) is 4.98 Å². The average molecular weight is 381 g/mol. The van der Waals surface area contributed by atoms with Gasteiger partial charge in [0.2, 0.25) is 11.8 Å². The zero-order valence-electron chi connectivity index (χ0n) is 14.4. The van der Waals surface area contributed by atoms with Crippen molar-refractivity contribution in [2.24, 2.45) is 0 Å². The van der Waals surface area contributed by atoms with Gasteiger partial charge in [0.05, 0.1) is 5.69 Å². The van der Waals surface area contributed by atoms with Crippen molar-refractivity contribution in [1.29, 1.82) is 0 Å². The molecule has 136 valence electrons. The number of amides is 3. The number of hydrogen-bond donors (Lipinski definition) is 1. The lowest BCUT2D eigenvalue weighted by Gasteiger charge is -2.13. The van der Waals surface area contributed by atoms with E-state index >= 15 is 0 Å². The van der Waals surface area contributed by atoms with Crippen molar-refractivity contribution in [3.63, 3.8) is 0 Å². The number of benzene rings is 1.